The van der Waals surface area contributed by atoms with Gasteiger partial charge in [-0.3, -0.25) is 0 Å². The quantitative estimate of drug-likeness (QED) is 0.502. The van der Waals surface area contributed by atoms with Crippen LogP contribution in [-0.4, -0.2) is 16.6 Å². The molecule has 0 radical (unpaired) electrons. The average molecular weight is 247 g/mol. The minimum Gasteiger partial charge on any atom is -0.478 e. The Bertz CT molecular complexity index is 300. The van der Waals surface area contributed by atoms with Gasteiger partial charge in [0, 0.05) is 0 Å². The van der Waals surface area contributed by atoms with Crippen LogP contribution in [0.2, 0.25) is 0 Å². The second-order valence-electron chi connectivity index (χ2n) is 2.11. The van der Waals surface area contributed by atoms with Gasteiger partial charge in [0.25, 0.3) is 0 Å². The number of rotatable bonds is 4. The summed E-state index contributed by atoms with van der Waals surface area (Å²) >= 11 is 2.97. The van der Waals surface area contributed by atoms with Gasteiger partial charge in [-0.15, -0.1) is 0 Å². The molecule has 1 aromatic carbocycles. The lowest BCUT2D eigenvalue weighted by molar-refractivity contribution is -0.184. The van der Waals surface area contributed by atoms with Crippen molar-refractivity contribution in [1.82, 2.24) is 0 Å². The Labute approximate surface area is 83.1 Å². The van der Waals surface area contributed by atoms with Crippen LogP contribution in [0.1, 0.15) is 10.4 Å². The predicted octanol–water partition coefficient (Wildman–Crippen LogP) is 2.05. The molecule has 70 valence electrons. The average Bonchev–Trinajstić information content (AvgIpc) is 2.15. The van der Waals surface area contributed by atoms with Crippen molar-refractivity contribution in [3.63, 3.8) is 0 Å². The van der Waals surface area contributed by atoms with Crippen LogP contribution < -0.4 is 4.89 Å². The molecular formula is C8H7BrO4. The molecule has 0 aliphatic heterocycles. The summed E-state index contributed by atoms with van der Waals surface area (Å²) in [5.41, 5.74) is 0.254. The largest absolute Gasteiger partial charge is 0.478 e. The Morgan fingerprint density at radius 3 is 2.77 bits per heavy atom. The molecule has 1 N–H and O–H groups in total. The van der Waals surface area contributed by atoms with Crippen LogP contribution in [0.25, 0.3) is 0 Å². The highest BCUT2D eigenvalue weighted by molar-refractivity contribution is 9.09. The number of carbonyl (C=O) groups is 1. The van der Waals surface area contributed by atoms with E-state index in [0.29, 0.717) is 0 Å². The van der Waals surface area contributed by atoms with Crippen molar-refractivity contribution in [3.8, 4) is 5.75 Å². The number of alkyl halides is 1. The molecule has 0 amide bonds. The van der Waals surface area contributed by atoms with E-state index in [9.17, 15) is 4.79 Å². The number of aromatic carboxylic acids is 1. The first-order chi connectivity index (χ1) is 6.25. The zero-order chi connectivity index (χ0) is 9.68. The maximum Gasteiger partial charge on any atom is 0.339 e. The van der Waals surface area contributed by atoms with Crippen molar-refractivity contribution < 1.29 is 19.7 Å². The summed E-state index contributed by atoms with van der Waals surface area (Å²) in [7, 11) is 0. The normalized spacial score (nSPS) is 9.62. The van der Waals surface area contributed by atoms with E-state index < -0.39 is 5.97 Å². The summed E-state index contributed by atoms with van der Waals surface area (Å²) in [6.45, 7) is 0. The monoisotopic (exact) mass is 246 g/mol. The van der Waals surface area contributed by atoms with E-state index in [1.807, 2.05) is 0 Å². The first-order valence-corrected chi connectivity index (χ1v) is 4.55. The Hall–Kier alpha value is -1.07. The fraction of sp³-hybridized carbons (Fsp3) is 0.125. The molecule has 0 saturated carbocycles. The summed E-state index contributed by atoms with van der Waals surface area (Å²) in [4.78, 5) is 19.9. The van der Waals surface area contributed by atoms with E-state index in [-0.39, 0.29) is 16.8 Å². The molecule has 0 bridgehead atoms. The number of benzene rings is 1. The fourth-order valence-electron chi connectivity index (χ4n) is 0.802. The highest BCUT2D eigenvalue weighted by Gasteiger charge is 2.10. The number of halogens is 1. The number of hydrogen-bond acceptors (Lipinski definition) is 3. The molecular weight excluding hydrogens is 240 g/mol. The summed E-state index contributed by atoms with van der Waals surface area (Å²) in [6, 6.07) is 6.24. The molecule has 0 saturated heterocycles. The molecule has 0 unspecified atom stereocenters. The van der Waals surface area contributed by atoms with Gasteiger partial charge in [-0.1, -0.05) is 28.1 Å². The summed E-state index contributed by atoms with van der Waals surface area (Å²) in [6.07, 6.45) is 0. The van der Waals surface area contributed by atoms with Gasteiger partial charge in [-0.05, 0) is 12.1 Å². The van der Waals surface area contributed by atoms with Crippen molar-refractivity contribution in [3.05, 3.63) is 29.8 Å². The third-order valence-corrected chi connectivity index (χ3v) is 1.50. The van der Waals surface area contributed by atoms with E-state index in [1.54, 1.807) is 12.1 Å². The van der Waals surface area contributed by atoms with Crippen molar-refractivity contribution in [2.24, 2.45) is 0 Å². The van der Waals surface area contributed by atoms with Crippen molar-refractivity contribution >= 4 is 21.9 Å². The first kappa shape index (κ1) is 10.0. The lowest BCUT2D eigenvalue weighted by Gasteiger charge is -2.04. The second kappa shape index (κ2) is 4.84. The van der Waals surface area contributed by atoms with Gasteiger partial charge < -0.3 is 9.99 Å². The molecule has 0 atom stereocenters. The van der Waals surface area contributed by atoms with Crippen LogP contribution in [0.4, 0.5) is 0 Å². The molecule has 5 heteroatoms. The van der Waals surface area contributed by atoms with Crippen LogP contribution >= 0.6 is 15.9 Å². The van der Waals surface area contributed by atoms with Gasteiger partial charge in [-0.2, -0.15) is 4.89 Å². The van der Waals surface area contributed by atoms with Crippen LogP contribution in [-0.2, 0) is 4.89 Å². The molecule has 0 aromatic heterocycles. The Kier molecular flexibility index (Phi) is 3.72. The Balaban J connectivity index is 2.84. The lowest BCUT2D eigenvalue weighted by Crippen LogP contribution is -2.02. The van der Waals surface area contributed by atoms with E-state index in [0.717, 1.165) is 0 Å². The van der Waals surface area contributed by atoms with Crippen LogP contribution in [0.3, 0.4) is 0 Å². The van der Waals surface area contributed by atoms with E-state index in [2.05, 4.69) is 20.8 Å². The molecule has 0 aliphatic rings. The third kappa shape index (κ3) is 2.71. The topological polar surface area (TPSA) is 55.8 Å². The minimum absolute atomic E-state index is 0.0726. The van der Waals surface area contributed by atoms with Crippen LogP contribution in [0.15, 0.2) is 24.3 Å². The van der Waals surface area contributed by atoms with Crippen molar-refractivity contribution in [2.75, 3.05) is 5.52 Å². The molecule has 13 heavy (non-hydrogen) atoms. The van der Waals surface area contributed by atoms with Crippen LogP contribution in [0.5, 0.6) is 5.75 Å². The predicted molar refractivity (Wildman–Crippen MR) is 48.9 cm³/mol. The molecule has 0 fully saturated rings. The van der Waals surface area contributed by atoms with Crippen LogP contribution in [0, 0.1) is 0 Å². The number of carboxylic acid groups (broad SMARTS) is 1. The maximum atomic E-state index is 10.6. The maximum absolute atomic E-state index is 10.6. The molecule has 4 nitrogen and oxygen atoms in total. The molecule has 1 aromatic rings. The lowest BCUT2D eigenvalue weighted by atomic mass is 10.2. The van der Waals surface area contributed by atoms with Gasteiger partial charge in [-0.25, -0.2) is 4.79 Å². The van der Waals surface area contributed by atoms with Crippen molar-refractivity contribution in [2.45, 2.75) is 0 Å². The minimum atomic E-state index is -1.05. The highest BCUT2D eigenvalue weighted by atomic mass is 79.9. The van der Waals surface area contributed by atoms with Crippen molar-refractivity contribution in [1.29, 1.82) is 0 Å². The van der Waals surface area contributed by atoms with Gasteiger partial charge in [0.1, 0.15) is 11.1 Å². The zero-order valence-electron chi connectivity index (χ0n) is 6.57. The van der Waals surface area contributed by atoms with E-state index in [1.165, 1.54) is 12.1 Å². The Morgan fingerprint density at radius 1 is 1.46 bits per heavy atom. The highest BCUT2D eigenvalue weighted by Crippen LogP contribution is 2.17. The summed E-state index contributed by atoms with van der Waals surface area (Å²) in [5.74, 6) is -0.858. The fourth-order valence-corrected chi connectivity index (χ4v) is 0.895. The summed E-state index contributed by atoms with van der Waals surface area (Å²) < 4.78 is 0. The van der Waals surface area contributed by atoms with Gasteiger partial charge in [0.15, 0.2) is 5.75 Å². The third-order valence-electron chi connectivity index (χ3n) is 1.31. The van der Waals surface area contributed by atoms with Gasteiger partial charge in [0.2, 0.25) is 0 Å². The smallest absolute Gasteiger partial charge is 0.339 e. The first-order valence-electron chi connectivity index (χ1n) is 3.43. The van der Waals surface area contributed by atoms with Gasteiger partial charge in [0.05, 0.1) is 0 Å². The van der Waals surface area contributed by atoms with Gasteiger partial charge >= 0.3 is 5.97 Å². The number of para-hydroxylation sites is 1. The SMILES string of the molecule is O=C(O)c1ccccc1OOCBr. The number of hydrogen-bond donors (Lipinski definition) is 1. The zero-order valence-corrected chi connectivity index (χ0v) is 8.15. The summed E-state index contributed by atoms with van der Waals surface area (Å²) in [5, 5.41) is 8.72. The molecule has 0 aliphatic carbocycles. The molecule has 0 spiro atoms. The molecule has 1 rings (SSSR count). The Morgan fingerprint density at radius 2 is 2.15 bits per heavy atom. The molecule has 0 heterocycles. The van der Waals surface area contributed by atoms with E-state index in [4.69, 9.17) is 9.99 Å². The second-order valence-corrected chi connectivity index (χ2v) is 2.57. The standard InChI is InChI=1S/C8H7BrO4/c9-5-12-13-7-4-2-1-3-6(7)8(10)11/h1-4H,5H2,(H,10,11). The van der Waals surface area contributed by atoms with E-state index >= 15 is 0 Å². The number of carboxylic acids is 1.